The maximum atomic E-state index is 2.23. The fourth-order valence-electron chi connectivity index (χ4n) is 0.303. The molecule has 0 aromatic rings. The molecule has 0 nitrogen and oxygen atoms in total. The molecule has 0 radical (unpaired) electrons. The normalized spacial score (nSPS) is 10.0. The van der Waals surface area contributed by atoms with Crippen LogP contribution in [-0.2, 0) is 14.4 Å². The van der Waals surface area contributed by atoms with Crippen molar-refractivity contribution in [1.82, 2.24) is 0 Å². The van der Waals surface area contributed by atoms with Gasteiger partial charge in [0.1, 0.15) is 0 Å². The molecule has 0 saturated carbocycles. The first-order chi connectivity index (χ1) is 3.41. The van der Waals surface area contributed by atoms with E-state index in [0.29, 0.717) is 0 Å². The topological polar surface area (TPSA) is 0 Å². The van der Waals surface area contributed by atoms with Crippen LogP contribution in [-0.4, -0.2) is 0 Å². The first-order valence-electron chi connectivity index (χ1n) is 2.86. The van der Waals surface area contributed by atoms with E-state index in [1.165, 1.54) is 23.6 Å². The fraction of sp³-hybridized carbons (Fsp3) is 1.00. The molecule has 0 aliphatic rings. The summed E-state index contributed by atoms with van der Waals surface area (Å²) in [5.41, 5.74) is 0. The van der Waals surface area contributed by atoms with Gasteiger partial charge in [0.15, 0.2) is 0 Å². The van der Waals surface area contributed by atoms with Crippen molar-refractivity contribution in [2.45, 2.75) is 37.5 Å². The minimum atomic E-state index is 1.33. The average molecular weight is 145 g/mol. The summed E-state index contributed by atoms with van der Waals surface area (Å²) < 4.78 is 0. The van der Waals surface area contributed by atoms with Crippen molar-refractivity contribution >= 4 is 0 Å². The summed E-state index contributed by atoms with van der Waals surface area (Å²) in [5, 5.41) is 2.72. The van der Waals surface area contributed by atoms with Gasteiger partial charge < -0.3 is 0 Å². The van der Waals surface area contributed by atoms with Gasteiger partial charge in [0.05, 0.1) is 0 Å². The van der Waals surface area contributed by atoms with E-state index in [2.05, 4.69) is 13.8 Å². The van der Waals surface area contributed by atoms with E-state index in [1.807, 2.05) is 14.4 Å². The van der Waals surface area contributed by atoms with Crippen molar-refractivity contribution < 1.29 is 14.4 Å². The molecule has 0 rings (SSSR count). The summed E-state index contributed by atoms with van der Waals surface area (Å²) in [6.45, 7) is 4.46. The monoisotopic (exact) mass is 144 g/mol. The van der Waals surface area contributed by atoms with Gasteiger partial charge in [-0.3, -0.25) is 0 Å². The van der Waals surface area contributed by atoms with E-state index < -0.39 is 0 Å². The molecule has 0 amide bonds. The van der Waals surface area contributed by atoms with Gasteiger partial charge in [-0.1, -0.05) is 0 Å². The second-order valence-electron chi connectivity index (χ2n) is 1.47. The van der Waals surface area contributed by atoms with Crippen molar-refractivity contribution in [2.75, 3.05) is 0 Å². The van der Waals surface area contributed by atoms with E-state index in [1.54, 1.807) is 0 Å². The molecule has 7 heavy (non-hydrogen) atoms. The second-order valence-corrected chi connectivity index (χ2v) is 2.96. The Balaban J connectivity index is 2.45. The van der Waals surface area contributed by atoms with Crippen LogP contribution < -0.4 is 0 Å². The molecular weight excluding hydrogens is 131 g/mol. The molecule has 0 aliphatic carbocycles. The van der Waals surface area contributed by atoms with Crippen LogP contribution >= 0.6 is 0 Å². The molecule has 0 heterocycles. The Morgan fingerprint density at radius 1 is 1.00 bits per heavy atom. The van der Waals surface area contributed by atoms with Gasteiger partial charge in [0.25, 0.3) is 0 Å². The Labute approximate surface area is 52.5 Å². The van der Waals surface area contributed by atoms with Crippen LogP contribution in [0.3, 0.4) is 0 Å². The van der Waals surface area contributed by atoms with Gasteiger partial charge >= 0.3 is 51.9 Å². The van der Waals surface area contributed by atoms with Crippen LogP contribution in [0.25, 0.3) is 0 Å². The molecule has 0 N–H and O–H groups in total. The minimum absolute atomic E-state index is 1.33. The summed E-state index contributed by atoms with van der Waals surface area (Å²) in [7, 11) is 0. The summed E-state index contributed by atoms with van der Waals surface area (Å²) in [6, 6.07) is 0. The average Bonchev–Trinajstić information content (AvgIpc) is 1.69. The van der Waals surface area contributed by atoms with Gasteiger partial charge in [0, 0.05) is 0 Å². The van der Waals surface area contributed by atoms with Gasteiger partial charge in [0.2, 0.25) is 0 Å². The van der Waals surface area contributed by atoms with Crippen LogP contribution in [0.5, 0.6) is 0 Å². The fourth-order valence-corrected chi connectivity index (χ4v) is 1.25. The number of hydrogen-bond acceptors (Lipinski definition) is 0. The van der Waals surface area contributed by atoms with E-state index >= 15 is 0 Å². The Hall–Kier alpha value is 0.494. The van der Waals surface area contributed by atoms with Crippen LogP contribution in [0, 0.1) is 0 Å². The first kappa shape index (κ1) is 7.49. The van der Waals surface area contributed by atoms with Gasteiger partial charge in [-0.2, -0.15) is 0 Å². The zero-order valence-electron chi connectivity index (χ0n) is 5.14. The van der Waals surface area contributed by atoms with E-state index in [9.17, 15) is 0 Å². The Bertz CT molecular complexity index is 23.4. The SMILES string of the molecule is CC[CH2][Ni][CH2]CC. The Kier molecular flexibility index (Phi) is 6.95. The molecule has 0 spiro atoms. The third kappa shape index (κ3) is 6.49. The van der Waals surface area contributed by atoms with Crippen molar-refractivity contribution in [3.63, 3.8) is 0 Å². The molecule has 0 bridgehead atoms. The first-order valence-corrected chi connectivity index (χ1v) is 4.26. The third-order valence-electron chi connectivity index (χ3n) is 0.540. The molecule has 0 unspecified atom stereocenters. The van der Waals surface area contributed by atoms with Crippen molar-refractivity contribution in [3.05, 3.63) is 0 Å². The van der Waals surface area contributed by atoms with Crippen LogP contribution in [0.2, 0.25) is 10.8 Å². The van der Waals surface area contributed by atoms with Gasteiger partial charge in [-0.05, 0) is 0 Å². The molecule has 0 saturated heterocycles. The molecule has 0 aromatic heterocycles. The van der Waals surface area contributed by atoms with Crippen molar-refractivity contribution in [2.24, 2.45) is 0 Å². The second kappa shape index (κ2) is 6.49. The zero-order valence-corrected chi connectivity index (χ0v) is 6.13. The molecule has 0 aromatic carbocycles. The number of rotatable bonds is 4. The summed E-state index contributed by atoms with van der Waals surface area (Å²) >= 11 is 1.90. The van der Waals surface area contributed by atoms with Crippen LogP contribution in [0.1, 0.15) is 26.7 Å². The Morgan fingerprint density at radius 2 is 1.43 bits per heavy atom. The number of hydrogen-bond donors (Lipinski definition) is 0. The summed E-state index contributed by atoms with van der Waals surface area (Å²) in [4.78, 5) is 0. The Morgan fingerprint density at radius 3 is 1.71 bits per heavy atom. The van der Waals surface area contributed by atoms with Crippen molar-refractivity contribution in [1.29, 1.82) is 0 Å². The molecule has 0 aliphatic heterocycles. The third-order valence-corrected chi connectivity index (χ3v) is 2.23. The summed E-state index contributed by atoms with van der Waals surface area (Å²) in [5.74, 6) is 0. The van der Waals surface area contributed by atoms with Gasteiger partial charge in [-0.15, -0.1) is 0 Å². The molecular formula is C6H14Ni. The van der Waals surface area contributed by atoms with E-state index in [0.717, 1.165) is 0 Å². The van der Waals surface area contributed by atoms with Crippen LogP contribution in [0.4, 0.5) is 0 Å². The standard InChI is InChI=1S/2C3H7.Ni/c2*1-3-2;/h2*1,3H2,2H3;. The van der Waals surface area contributed by atoms with E-state index in [-0.39, 0.29) is 0 Å². The van der Waals surface area contributed by atoms with Crippen molar-refractivity contribution in [3.8, 4) is 0 Å². The summed E-state index contributed by atoms with van der Waals surface area (Å²) in [6.07, 6.45) is 2.67. The predicted octanol–water partition coefficient (Wildman–Crippen LogP) is 2.73. The maximum absolute atomic E-state index is 2.23. The van der Waals surface area contributed by atoms with Gasteiger partial charge in [-0.25, -0.2) is 0 Å². The molecule has 0 atom stereocenters. The predicted molar refractivity (Wildman–Crippen MR) is 30.2 cm³/mol. The molecule has 0 fully saturated rings. The van der Waals surface area contributed by atoms with E-state index in [4.69, 9.17) is 0 Å². The van der Waals surface area contributed by atoms with Crippen LogP contribution in [0.15, 0.2) is 0 Å². The zero-order chi connectivity index (χ0) is 5.54. The molecule has 48 valence electrons. The quantitative estimate of drug-likeness (QED) is 0.421. The molecule has 1 heteroatoms.